The summed E-state index contributed by atoms with van der Waals surface area (Å²) in [6, 6.07) is 10.6. The molecule has 100 valence electrons. The van der Waals surface area contributed by atoms with Gasteiger partial charge in [-0.15, -0.1) is 0 Å². The van der Waals surface area contributed by atoms with Gasteiger partial charge in [0.15, 0.2) is 0 Å². The van der Waals surface area contributed by atoms with Gasteiger partial charge in [-0.05, 0) is 11.5 Å². The molecule has 0 amide bonds. The van der Waals surface area contributed by atoms with Gasteiger partial charge in [0.2, 0.25) is 0 Å². The van der Waals surface area contributed by atoms with Crippen molar-refractivity contribution in [2.45, 2.75) is 38.9 Å². The Labute approximate surface area is 111 Å². The smallest absolute Gasteiger partial charge is 0.305 e. The van der Waals surface area contributed by atoms with Gasteiger partial charge >= 0.3 is 5.97 Å². The molecular formula is C15H24O2Si. The quantitative estimate of drug-likeness (QED) is 0.603. The van der Waals surface area contributed by atoms with Gasteiger partial charge in [0.25, 0.3) is 0 Å². The first-order chi connectivity index (χ1) is 8.39. The molecule has 0 heterocycles. The first-order valence-electron chi connectivity index (χ1n) is 6.52. The molecule has 3 heteroatoms. The van der Waals surface area contributed by atoms with E-state index in [0.717, 1.165) is 0 Å². The lowest BCUT2D eigenvalue weighted by Gasteiger charge is -2.35. The van der Waals surface area contributed by atoms with Gasteiger partial charge in [0.1, 0.15) is 0 Å². The molecule has 0 spiro atoms. The predicted molar refractivity (Wildman–Crippen MR) is 78.8 cm³/mol. The van der Waals surface area contributed by atoms with Crippen LogP contribution in [0, 0.1) is 5.92 Å². The van der Waals surface area contributed by atoms with E-state index in [4.69, 9.17) is 4.74 Å². The van der Waals surface area contributed by atoms with Crippen LogP contribution in [0.1, 0.15) is 20.3 Å². The van der Waals surface area contributed by atoms with Crippen LogP contribution in [-0.2, 0) is 9.53 Å². The maximum Gasteiger partial charge on any atom is 0.305 e. The second kappa shape index (κ2) is 6.18. The SMILES string of the molecule is COC(=O)CC(C(C)C)[Si](C)(C)c1ccccc1. The van der Waals surface area contributed by atoms with Crippen molar-refractivity contribution in [1.29, 1.82) is 0 Å². The maximum atomic E-state index is 11.6. The zero-order chi connectivity index (χ0) is 13.8. The zero-order valence-electron chi connectivity index (χ0n) is 12.1. The lowest BCUT2D eigenvalue weighted by molar-refractivity contribution is -0.140. The molecule has 0 saturated carbocycles. The first kappa shape index (κ1) is 15.0. The summed E-state index contributed by atoms with van der Waals surface area (Å²) in [5.41, 5.74) is 0.410. The zero-order valence-corrected chi connectivity index (χ0v) is 13.1. The van der Waals surface area contributed by atoms with Crippen LogP contribution in [0.4, 0.5) is 0 Å². The average Bonchev–Trinajstić information content (AvgIpc) is 2.36. The molecule has 0 aliphatic carbocycles. The van der Waals surface area contributed by atoms with E-state index < -0.39 is 8.07 Å². The summed E-state index contributed by atoms with van der Waals surface area (Å²) in [5, 5.41) is 1.41. The molecule has 2 nitrogen and oxygen atoms in total. The number of benzene rings is 1. The van der Waals surface area contributed by atoms with Crippen molar-refractivity contribution in [3.63, 3.8) is 0 Å². The van der Waals surface area contributed by atoms with Crippen molar-refractivity contribution in [3.05, 3.63) is 30.3 Å². The summed E-state index contributed by atoms with van der Waals surface area (Å²) in [4.78, 5) is 11.6. The van der Waals surface area contributed by atoms with Crippen LogP contribution in [-0.4, -0.2) is 21.2 Å². The third-order valence-corrected chi connectivity index (χ3v) is 8.41. The minimum absolute atomic E-state index is 0.0924. The van der Waals surface area contributed by atoms with Crippen LogP contribution in [0.5, 0.6) is 0 Å². The lowest BCUT2D eigenvalue weighted by atomic mass is 10.1. The molecule has 0 aliphatic heterocycles. The van der Waals surface area contributed by atoms with Crippen molar-refractivity contribution < 1.29 is 9.53 Å². The van der Waals surface area contributed by atoms with Crippen LogP contribution in [0.25, 0.3) is 0 Å². The number of carbonyl (C=O) groups excluding carboxylic acids is 1. The fraction of sp³-hybridized carbons (Fsp3) is 0.533. The van der Waals surface area contributed by atoms with Gasteiger partial charge < -0.3 is 4.74 Å². The molecule has 0 aliphatic rings. The minimum atomic E-state index is -1.65. The molecule has 0 fully saturated rings. The number of hydrogen-bond acceptors (Lipinski definition) is 2. The van der Waals surface area contributed by atoms with Gasteiger partial charge in [-0.2, -0.15) is 0 Å². The highest BCUT2D eigenvalue weighted by atomic mass is 28.3. The standard InChI is InChI=1S/C15H24O2Si/c1-12(2)14(11-15(16)17-3)18(4,5)13-9-7-6-8-10-13/h6-10,12,14H,11H2,1-5H3. The summed E-state index contributed by atoms with van der Waals surface area (Å²) in [6.45, 7) is 9.09. The Bertz CT molecular complexity index is 385. The van der Waals surface area contributed by atoms with Crippen LogP contribution in [0.15, 0.2) is 30.3 Å². The third-order valence-electron chi connectivity index (χ3n) is 3.86. The maximum absolute atomic E-state index is 11.6. The molecule has 18 heavy (non-hydrogen) atoms. The van der Waals surface area contributed by atoms with Crippen LogP contribution >= 0.6 is 0 Å². The van der Waals surface area contributed by atoms with Gasteiger partial charge in [0, 0.05) is 6.42 Å². The monoisotopic (exact) mass is 264 g/mol. The number of methoxy groups -OCH3 is 1. The molecule has 0 bridgehead atoms. The molecular weight excluding hydrogens is 240 g/mol. The molecule has 1 atom stereocenters. The van der Waals surface area contributed by atoms with Crippen LogP contribution < -0.4 is 5.19 Å². The largest absolute Gasteiger partial charge is 0.469 e. The predicted octanol–water partition coefficient (Wildman–Crippen LogP) is 3.19. The Morgan fingerprint density at radius 3 is 2.22 bits per heavy atom. The van der Waals surface area contributed by atoms with E-state index in [1.54, 1.807) is 0 Å². The van der Waals surface area contributed by atoms with Crippen molar-refractivity contribution in [3.8, 4) is 0 Å². The van der Waals surface area contributed by atoms with Crippen LogP contribution in [0.3, 0.4) is 0 Å². The number of rotatable bonds is 5. The number of ether oxygens (including phenoxy) is 1. The summed E-state index contributed by atoms with van der Waals surface area (Å²) >= 11 is 0. The average molecular weight is 264 g/mol. The minimum Gasteiger partial charge on any atom is -0.469 e. The van der Waals surface area contributed by atoms with Gasteiger partial charge in [-0.3, -0.25) is 4.79 Å². The van der Waals surface area contributed by atoms with E-state index in [1.165, 1.54) is 12.3 Å². The van der Waals surface area contributed by atoms with E-state index in [2.05, 4.69) is 51.2 Å². The van der Waals surface area contributed by atoms with E-state index >= 15 is 0 Å². The van der Waals surface area contributed by atoms with E-state index in [-0.39, 0.29) is 5.97 Å². The van der Waals surface area contributed by atoms with E-state index in [1.807, 2.05) is 6.07 Å². The Kier molecular flexibility index (Phi) is 5.14. The van der Waals surface area contributed by atoms with Crippen molar-refractivity contribution >= 4 is 19.2 Å². The second-order valence-corrected chi connectivity index (χ2v) is 10.5. The van der Waals surface area contributed by atoms with Gasteiger partial charge in [-0.1, -0.05) is 62.5 Å². The molecule has 1 rings (SSSR count). The molecule has 0 saturated heterocycles. The first-order valence-corrected chi connectivity index (χ1v) is 9.59. The Balaban J connectivity index is 3.01. The lowest BCUT2D eigenvalue weighted by Crippen LogP contribution is -2.48. The van der Waals surface area contributed by atoms with Crippen molar-refractivity contribution in [1.82, 2.24) is 0 Å². The molecule has 0 N–H and O–H groups in total. The topological polar surface area (TPSA) is 26.3 Å². The summed E-state index contributed by atoms with van der Waals surface area (Å²) in [6.07, 6.45) is 0.530. The second-order valence-electron chi connectivity index (χ2n) is 5.72. The highest BCUT2D eigenvalue weighted by molar-refractivity contribution is 6.91. The number of hydrogen-bond donors (Lipinski definition) is 0. The Hall–Kier alpha value is -1.09. The molecule has 1 unspecified atom stereocenters. The molecule has 0 radical (unpaired) electrons. The fourth-order valence-electron chi connectivity index (χ4n) is 2.67. The number of carbonyl (C=O) groups is 1. The van der Waals surface area contributed by atoms with Gasteiger partial charge in [-0.25, -0.2) is 0 Å². The Morgan fingerprint density at radius 1 is 1.22 bits per heavy atom. The van der Waals surface area contributed by atoms with Crippen molar-refractivity contribution in [2.24, 2.45) is 5.92 Å². The van der Waals surface area contributed by atoms with Crippen molar-refractivity contribution in [2.75, 3.05) is 7.11 Å². The van der Waals surface area contributed by atoms with Crippen LogP contribution in [0.2, 0.25) is 18.6 Å². The summed E-state index contributed by atoms with van der Waals surface area (Å²) < 4.78 is 4.85. The fourth-order valence-corrected chi connectivity index (χ4v) is 6.49. The number of esters is 1. The molecule has 1 aromatic carbocycles. The summed E-state index contributed by atoms with van der Waals surface area (Å²) in [5.74, 6) is 0.399. The molecule has 0 aromatic heterocycles. The van der Waals surface area contributed by atoms with Gasteiger partial charge in [0.05, 0.1) is 15.2 Å². The highest BCUT2D eigenvalue weighted by Gasteiger charge is 2.37. The third kappa shape index (κ3) is 3.45. The highest BCUT2D eigenvalue weighted by Crippen LogP contribution is 2.33. The summed E-state index contributed by atoms with van der Waals surface area (Å²) in [7, 11) is -0.183. The van der Waals surface area contributed by atoms with E-state index in [0.29, 0.717) is 17.9 Å². The Morgan fingerprint density at radius 2 is 1.78 bits per heavy atom. The molecule has 1 aromatic rings. The normalized spacial score (nSPS) is 13.4. The van der Waals surface area contributed by atoms with E-state index in [9.17, 15) is 4.79 Å².